The smallest absolute Gasteiger partial charge is 0.173 e. The number of aromatic hydroxyl groups is 3. The lowest BCUT2D eigenvalue weighted by atomic mass is 9.63. The van der Waals surface area contributed by atoms with Crippen molar-refractivity contribution < 1.29 is 50.1 Å². The number of dihydropyridines is 1. The van der Waals surface area contributed by atoms with E-state index in [2.05, 4.69) is 81.9 Å². The third-order valence-electron chi connectivity index (χ3n) is 23.0. The van der Waals surface area contributed by atoms with Crippen molar-refractivity contribution >= 4 is 28.0 Å². The van der Waals surface area contributed by atoms with E-state index in [9.17, 15) is 40.5 Å². The van der Waals surface area contributed by atoms with Gasteiger partial charge in [-0.15, -0.1) is 5.92 Å². The zero-order valence-electron chi connectivity index (χ0n) is 54.9. The van der Waals surface area contributed by atoms with E-state index < -0.39 is 47.6 Å². The molecular formula is C81H94N4O10. The van der Waals surface area contributed by atoms with Crippen molar-refractivity contribution in [2.45, 2.75) is 152 Å². The number of carbonyl (C=O) groups excluding carboxylic acids is 2. The fraction of sp³-hybridized carbons (Fsp3) is 0.481. The van der Waals surface area contributed by atoms with Crippen LogP contribution in [0.1, 0.15) is 153 Å². The number of nitrogens with one attached hydrogen (secondary N) is 4. The number of β-amino-alcohol motifs (C(OH)–C–C–N with tert-alkyl or cyclic N) is 1. The summed E-state index contributed by atoms with van der Waals surface area (Å²) >= 11 is 0. The number of ketones is 2. The summed E-state index contributed by atoms with van der Waals surface area (Å²) < 4.78 is 5.72. The maximum Gasteiger partial charge on any atom is 0.173 e. The van der Waals surface area contributed by atoms with Gasteiger partial charge in [-0.1, -0.05) is 117 Å². The summed E-state index contributed by atoms with van der Waals surface area (Å²) in [5.74, 6) is 12.4. The third kappa shape index (κ3) is 14.6. The lowest BCUT2D eigenvalue weighted by Crippen LogP contribution is -2.40. The Kier molecular flexibility index (Phi) is 20.3. The molecule has 5 aromatic carbocycles. The maximum atomic E-state index is 15.8. The van der Waals surface area contributed by atoms with Crippen LogP contribution >= 0.6 is 0 Å². The molecule has 14 heteroatoms. The number of aliphatic hydroxyl groups is 4. The Bertz CT molecular complexity index is 3970. The van der Waals surface area contributed by atoms with E-state index in [1.165, 1.54) is 20.0 Å². The van der Waals surface area contributed by atoms with Crippen molar-refractivity contribution in [2.75, 3.05) is 38.7 Å². The number of benzene rings is 5. The van der Waals surface area contributed by atoms with Gasteiger partial charge in [0.05, 0.1) is 25.2 Å². The number of phenolic OH excluding ortho intramolecular Hbond substituents is 3. The van der Waals surface area contributed by atoms with Crippen LogP contribution in [0.4, 0.5) is 5.69 Å². The predicted molar refractivity (Wildman–Crippen MR) is 370 cm³/mol. The normalized spacial score (nSPS) is 29.9. The van der Waals surface area contributed by atoms with E-state index >= 15 is 4.79 Å². The minimum Gasteiger partial charge on any atom is -0.508 e. The summed E-state index contributed by atoms with van der Waals surface area (Å²) in [6.07, 6.45) is 13.4. The zero-order chi connectivity index (χ0) is 65.9. The lowest BCUT2D eigenvalue weighted by Gasteiger charge is -2.41. The molecule has 0 spiro atoms. The maximum absolute atomic E-state index is 15.8. The number of Topliss-reactive ketones (excluding diaryl/α,β-unsaturated/α-hetero) is 2. The second-order valence-electron chi connectivity index (χ2n) is 29.0. The average Bonchev–Trinajstić information content (AvgIpc) is 1.33. The number of rotatable bonds is 7. The molecule has 15 atom stereocenters. The van der Waals surface area contributed by atoms with E-state index in [1.54, 1.807) is 18.2 Å². The van der Waals surface area contributed by atoms with Gasteiger partial charge in [0.1, 0.15) is 17.3 Å². The van der Waals surface area contributed by atoms with Crippen molar-refractivity contribution in [1.82, 2.24) is 15.6 Å². The van der Waals surface area contributed by atoms with Gasteiger partial charge in [0.25, 0.3) is 0 Å². The predicted octanol–water partition coefficient (Wildman–Crippen LogP) is 11.8. The molecule has 13 bridgehead atoms. The molecule has 3 saturated carbocycles. The molecule has 0 radical (unpaired) electrons. The van der Waals surface area contributed by atoms with Crippen molar-refractivity contribution in [3.05, 3.63) is 171 Å². The van der Waals surface area contributed by atoms with Gasteiger partial charge < -0.3 is 61.4 Å². The minimum absolute atomic E-state index is 0.0563. The molecule has 0 unspecified atom stereocenters. The number of anilines is 1. The topological polar surface area (TPSA) is 237 Å². The molecule has 7 aliphatic rings. The summed E-state index contributed by atoms with van der Waals surface area (Å²) in [7, 11) is 1.49. The minimum atomic E-state index is -1.91. The molecular weight excluding hydrogens is 1190 g/mol. The molecule has 95 heavy (non-hydrogen) atoms. The first-order valence-corrected chi connectivity index (χ1v) is 35.2. The number of H-pyrrole nitrogens is 1. The van der Waals surface area contributed by atoms with Gasteiger partial charge in [-0.2, -0.15) is 0 Å². The van der Waals surface area contributed by atoms with Gasteiger partial charge in [-0.25, -0.2) is 0 Å². The molecule has 1 aromatic heterocycles. The highest BCUT2D eigenvalue weighted by Gasteiger charge is 2.46. The highest BCUT2D eigenvalue weighted by atomic mass is 16.5. The first kappa shape index (κ1) is 65.8. The van der Waals surface area contributed by atoms with E-state index in [4.69, 9.17) is 4.74 Å². The van der Waals surface area contributed by atoms with Gasteiger partial charge in [-0.05, 0) is 203 Å². The number of carbonyl (C=O) groups is 2. The molecule has 3 heterocycles. The Morgan fingerprint density at radius 1 is 0.726 bits per heavy atom. The number of fused-ring (bicyclic) bond motifs is 15. The third-order valence-corrected chi connectivity index (χ3v) is 23.0. The van der Waals surface area contributed by atoms with Crippen LogP contribution in [0.15, 0.2) is 127 Å². The average molecular weight is 1280 g/mol. The molecule has 0 saturated heterocycles. The van der Waals surface area contributed by atoms with E-state index in [0.717, 1.165) is 76.1 Å². The van der Waals surface area contributed by atoms with Gasteiger partial charge in [-0.3, -0.25) is 9.59 Å². The number of phenols is 3. The van der Waals surface area contributed by atoms with Gasteiger partial charge in [0.2, 0.25) is 0 Å². The van der Waals surface area contributed by atoms with E-state index in [0.29, 0.717) is 99.0 Å². The summed E-state index contributed by atoms with van der Waals surface area (Å²) in [6.45, 7) is 3.46. The van der Waals surface area contributed by atoms with Crippen LogP contribution in [0.25, 0.3) is 10.8 Å². The standard InChI is InChI=1S/C81H94N4O10/c1-47-43-82-45-64(88)36-55-19-18-50-20-23-61(40-73(50)79(55)92)85-78-39-54(27-28-83-78)65-16-8-12-51-31-57(34-60(46-86)70(51)30-49-11-7-13-63(87)29-49)66-14-5-6-15-68(66)69-25-21-52-32-56(65)33-58(67(24-17-48-9-3-4-10-48)75(90)41-62-35-59(47)44-84-62)37-72(52)80(93)81(94)74(89)26-22-53-38-77(95-2)76(91)42-71(53)69/h5-7,11,13-15,18-20,23,27,29,35,38-40,42,44,47-48,51-52,56-58,60,64-65,67,69-70,72,75,81-88,90-92,94H,3-4,9-10,16-17,22,24,26,28,30-34,36-37,41,43,45-46H2,1-2H3/t47-,51+,52+,56+,57+,58+,60-,64-,65+,67-,69+,70+,72-,75-,81-/m1/s1. The Morgan fingerprint density at radius 3 is 2.38 bits per heavy atom. The van der Waals surface area contributed by atoms with Crippen LogP contribution in [-0.2, 0) is 35.3 Å². The molecule has 0 amide bonds. The van der Waals surface area contributed by atoms with Crippen molar-refractivity contribution in [3.63, 3.8) is 0 Å². The fourth-order valence-electron chi connectivity index (χ4n) is 17.9. The molecule has 3 fully saturated rings. The van der Waals surface area contributed by atoms with Crippen LogP contribution in [0.2, 0.25) is 0 Å². The lowest BCUT2D eigenvalue weighted by molar-refractivity contribution is -0.142. The highest BCUT2D eigenvalue weighted by molar-refractivity contribution is 6.06. The monoisotopic (exact) mass is 1280 g/mol. The van der Waals surface area contributed by atoms with Crippen LogP contribution in [-0.4, -0.2) is 104 Å². The van der Waals surface area contributed by atoms with Gasteiger partial charge in [0.15, 0.2) is 29.2 Å². The zero-order valence-corrected chi connectivity index (χ0v) is 54.9. The second-order valence-corrected chi connectivity index (χ2v) is 29.0. The highest BCUT2D eigenvalue weighted by Crippen LogP contribution is 2.51. The quantitative estimate of drug-likeness (QED) is 0.0528. The van der Waals surface area contributed by atoms with Crippen molar-refractivity contribution in [3.8, 4) is 46.7 Å². The van der Waals surface area contributed by atoms with Crippen LogP contribution in [0, 0.1) is 82.9 Å². The van der Waals surface area contributed by atoms with Crippen LogP contribution in [0.5, 0.6) is 23.0 Å². The fourth-order valence-corrected chi connectivity index (χ4v) is 17.9. The number of hydrogen-bond donors (Lipinski definition) is 11. The van der Waals surface area contributed by atoms with Crippen molar-refractivity contribution in [1.29, 1.82) is 0 Å². The summed E-state index contributed by atoms with van der Waals surface area (Å²) in [4.78, 5) is 34.1. The number of allylic oxidation sites excluding steroid dienone is 2. The largest absolute Gasteiger partial charge is 0.508 e. The molecule has 498 valence electrons. The Morgan fingerprint density at radius 2 is 1.56 bits per heavy atom. The first-order chi connectivity index (χ1) is 46.1. The molecule has 13 rings (SSSR count). The van der Waals surface area contributed by atoms with Crippen LogP contribution < -0.4 is 20.7 Å². The van der Waals surface area contributed by atoms with Gasteiger partial charge >= 0.3 is 0 Å². The Labute approximate surface area is 559 Å². The Hall–Kier alpha value is -7.82. The molecule has 14 nitrogen and oxygen atoms in total. The molecule has 6 aromatic rings. The van der Waals surface area contributed by atoms with Crippen molar-refractivity contribution in [2.24, 2.45) is 59.2 Å². The molecule has 5 aliphatic carbocycles. The number of aromatic amines is 1. The number of aryl methyl sites for hydroxylation is 1. The number of aliphatic hydroxyl groups excluding tert-OH is 4. The SMILES string of the molecule is COc1cc2c(cc1O)[C@H]1C#C[C@H]3C[C@H]4C[C@@H](C[C@H]3C(=O)[C@H](O)C(=O)CC2)[C@@H](CCC2CCCC2)[C@H](O)Cc2cc(c[nH]2)[C@H](C)CNC[C@H](O)Cc2ccc3ccc(cc3c2O)NC2=CC(=CCN2)[C@@H]4CC#C[C@H]2C[C@@H](C[C@H](CO)[C@H]2Cc2cccc(O)c2)c2ccccc21. The summed E-state index contributed by atoms with van der Waals surface area (Å²) in [5, 5.41) is 95.4. The summed E-state index contributed by atoms with van der Waals surface area (Å²) in [6, 6.07) is 31.1. The molecule has 2 aliphatic heterocycles. The van der Waals surface area contributed by atoms with E-state index in [-0.39, 0.29) is 102 Å². The van der Waals surface area contributed by atoms with E-state index in [1.807, 2.05) is 66.9 Å². The number of ether oxygens (including phenoxy) is 1. The second kappa shape index (κ2) is 29.3. The number of methoxy groups -OCH3 is 1. The summed E-state index contributed by atoms with van der Waals surface area (Å²) in [5.41, 5.74) is 8.75. The molecule has 11 N–H and O–H groups in total. The number of hydrogen-bond acceptors (Lipinski definition) is 13. The first-order valence-electron chi connectivity index (χ1n) is 35.2. The Balaban J connectivity index is 1.02. The van der Waals surface area contributed by atoms with Gasteiger partial charge in [0, 0.05) is 92.6 Å². The number of aromatic nitrogens is 1. The van der Waals surface area contributed by atoms with Crippen LogP contribution in [0.3, 0.4) is 0 Å².